The normalized spacial score (nSPS) is 13.9. The van der Waals surface area contributed by atoms with Gasteiger partial charge in [0, 0.05) is 27.2 Å². The molecule has 176 valence electrons. The van der Waals surface area contributed by atoms with E-state index in [2.05, 4.69) is 45.4 Å². The van der Waals surface area contributed by atoms with Gasteiger partial charge in [-0.2, -0.15) is 0 Å². The zero-order valence-electron chi connectivity index (χ0n) is 19.0. The molecule has 0 aromatic carbocycles. The van der Waals surface area contributed by atoms with E-state index in [4.69, 9.17) is 5.73 Å². The van der Waals surface area contributed by atoms with Gasteiger partial charge in [0.2, 0.25) is 5.91 Å². The second-order valence-corrected chi connectivity index (χ2v) is 11.4. The highest BCUT2D eigenvalue weighted by atomic mass is 32.2. The summed E-state index contributed by atoms with van der Waals surface area (Å²) < 4.78 is 2.07. The summed E-state index contributed by atoms with van der Waals surface area (Å²) in [6, 6.07) is 2.11. The molecule has 0 saturated heterocycles. The summed E-state index contributed by atoms with van der Waals surface area (Å²) in [6.07, 6.45) is 7.25. The summed E-state index contributed by atoms with van der Waals surface area (Å²) >= 11 is 4.55. The number of carbonyl (C=O) groups is 2. The van der Waals surface area contributed by atoms with E-state index in [1.165, 1.54) is 39.3 Å². The van der Waals surface area contributed by atoms with Gasteiger partial charge in [-0.3, -0.25) is 9.59 Å². The lowest BCUT2D eigenvalue weighted by molar-refractivity contribution is -0.113. The molecular formula is C23H29N5O2S3. The molecule has 33 heavy (non-hydrogen) atoms. The number of thioether (sulfide) groups is 1. The molecule has 3 aromatic heterocycles. The predicted molar refractivity (Wildman–Crippen MR) is 136 cm³/mol. The minimum Gasteiger partial charge on any atom is -0.365 e. The molecule has 7 nitrogen and oxygen atoms in total. The third-order valence-corrected chi connectivity index (χ3v) is 8.69. The smallest absolute Gasteiger partial charge is 0.251 e. The van der Waals surface area contributed by atoms with Gasteiger partial charge in [0.25, 0.3) is 5.91 Å². The number of nitrogens with one attached hydrogen (secondary N) is 1. The van der Waals surface area contributed by atoms with E-state index in [1.807, 2.05) is 0 Å². The summed E-state index contributed by atoms with van der Waals surface area (Å²) in [5.41, 5.74) is 8.31. The van der Waals surface area contributed by atoms with Crippen LogP contribution in [0.3, 0.4) is 0 Å². The van der Waals surface area contributed by atoms with E-state index in [0.717, 1.165) is 67.2 Å². The van der Waals surface area contributed by atoms with E-state index in [0.29, 0.717) is 10.6 Å². The molecule has 0 bridgehead atoms. The first-order valence-electron chi connectivity index (χ1n) is 11.3. The van der Waals surface area contributed by atoms with Gasteiger partial charge in [-0.1, -0.05) is 31.5 Å². The van der Waals surface area contributed by atoms with Gasteiger partial charge in [-0.15, -0.1) is 32.9 Å². The van der Waals surface area contributed by atoms with Crippen LogP contribution in [-0.4, -0.2) is 32.3 Å². The van der Waals surface area contributed by atoms with Crippen LogP contribution in [0.2, 0.25) is 0 Å². The minimum atomic E-state index is -0.464. The van der Waals surface area contributed by atoms with E-state index in [1.54, 1.807) is 11.3 Å². The van der Waals surface area contributed by atoms with Crippen LogP contribution in [0.1, 0.15) is 64.7 Å². The number of hydrogen-bond donors (Lipinski definition) is 2. The Bertz CT molecular complexity index is 1150. The molecule has 0 fully saturated rings. The molecular weight excluding hydrogens is 474 g/mol. The first kappa shape index (κ1) is 24.0. The zero-order chi connectivity index (χ0) is 23.4. The Kier molecular flexibility index (Phi) is 7.87. The lowest BCUT2D eigenvalue weighted by Gasteiger charge is -2.10. The number of fused-ring (bicyclic) bond motifs is 1. The van der Waals surface area contributed by atoms with E-state index in [9.17, 15) is 9.59 Å². The number of anilines is 1. The van der Waals surface area contributed by atoms with Crippen LogP contribution in [0.5, 0.6) is 0 Å². The summed E-state index contributed by atoms with van der Waals surface area (Å²) in [7, 11) is 0. The van der Waals surface area contributed by atoms with E-state index in [-0.39, 0.29) is 11.7 Å². The van der Waals surface area contributed by atoms with E-state index >= 15 is 0 Å². The number of nitrogens with zero attached hydrogens (tertiary/aromatic N) is 3. The summed E-state index contributed by atoms with van der Waals surface area (Å²) in [5.74, 6) is 0.383. The molecule has 0 atom stereocenters. The maximum atomic E-state index is 12.8. The summed E-state index contributed by atoms with van der Waals surface area (Å²) in [5, 5.41) is 15.1. The standard InChI is InChI=1S/C23H29N5O2S3/c1-3-10-28-21(15-11-14(2)31-12-15)26-27-23(28)32-13-18(29)25-22-19(20(24)30)16-8-6-4-5-7-9-17(16)33-22/h11-12H,3-10,13H2,1-2H3,(H2,24,30)(H,25,29). The van der Waals surface area contributed by atoms with Gasteiger partial charge in [-0.05, 0) is 50.7 Å². The average Bonchev–Trinajstić information content (AvgIpc) is 3.44. The Hall–Kier alpha value is -2.17. The van der Waals surface area contributed by atoms with Crippen molar-refractivity contribution in [2.75, 3.05) is 11.1 Å². The van der Waals surface area contributed by atoms with Crippen molar-refractivity contribution >= 4 is 51.3 Å². The van der Waals surface area contributed by atoms with Gasteiger partial charge < -0.3 is 15.6 Å². The Morgan fingerprint density at radius 3 is 2.70 bits per heavy atom. The second-order valence-electron chi connectivity index (χ2n) is 8.23. The van der Waals surface area contributed by atoms with Gasteiger partial charge in [0.15, 0.2) is 11.0 Å². The number of aryl methyl sites for hydroxylation is 2. The maximum absolute atomic E-state index is 12.8. The van der Waals surface area contributed by atoms with Crippen molar-refractivity contribution in [3.05, 3.63) is 32.3 Å². The van der Waals surface area contributed by atoms with Crippen molar-refractivity contribution in [3.63, 3.8) is 0 Å². The average molecular weight is 504 g/mol. The Balaban J connectivity index is 1.48. The fourth-order valence-corrected chi connectivity index (χ4v) is 6.91. The third kappa shape index (κ3) is 5.50. The SMILES string of the molecule is CCCn1c(SCC(=O)Nc2sc3c(c2C(N)=O)CCCCCC3)nnc1-c1csc(C)c1. The van der Waals surface area contributed by atoms with Crippen molar-refractivity contribution in [2.24, 2.45) is 5.73 Å². The highest BCUT2D eigenvalue weighted by molar-refractivity contribution is 7.99. The number of hydrogen-bond acceptors (Lipinski definition) is 7. The highest BCUT2D eigenvalue weighted by Crippen LogP contribution is 2.37. The number of aromatic nitrogens is 3. The Morgan fingerprint density at radius 2 is 2.00 bits per heavy atom. The summed E-state index contributed by atoms with van der Waals surface area (Å²) in [4.78, 5) is 27.5. The number of rotatable bonds is 8. The lowest BCUT2D eigenvalue weighted by Crippen LogP contribution is -2.19. The maximum Gasteiger partial charge on any atom is 0.251 e. The fraction of sp³-hybridized carbons (Fsp3) is 0.478. The fourth-order valence-electron chi connectivity index (χ4n) is 4.16. The van der Waals surface area contributed by atoms with Crippen LogP contribution >= 0.6 is 34.4 Å². The molecule has 1 aliphatic carbocycles. The topological polar surface area (TPSA) is 103 Å². The first-order valence-corrected chi connectivity index (χ1v) is 14.0. The van der Waals surface area contributed by atoms with Crippen molar-refractivity contribution in [3.8, 4) is 11.4 Å². The second kappa shape index (κ2) is 10.8. The third-order valence-electron chi connectivity index (χ3n) is 5.66. The van der Waals surface area contributed by atoms with Crippen molar-refractivity contribution in [1.82, 2.24) is 14.8 Å². The zero-order valence-corrected chi connectivity index (χ0v) is 21.4. The largest absolute Gasteiger partial charge is 0.365 e. The number of amides is 2. The number of thiophene rings is 2. The van der Waals surface area contributed by atoms with Crippen LogP contribution in [0.25, 0.3) is 11.4 Å². The monoisotopic (exact) mass is 503 g/mol. The number of primary amides is 1. The summed E-state index contributed by atoms with van der Waals surface area (Å²) in [6.45, 7) is 4.96. The molecule has 4 rings (SSSR count). The molecule has 0 aliphatic heterocycles. The molecule has 0 saturated carbocycles. The van der Waals surface area contributed by atoms with Crippen molar-refractivity contribution < 1.29 is 9.59 Å². The van der Waals surface area contributed by atoms with Crippen molar-refractivity contribution in [1.29, 1.82) is 0 Å². The predicted octanol–water partition coefficient (Wildman–Crippen LogP) is 5.28. The number of carbonyl (C=O) groups excluding carboxylic acids is 2. The quantitative estimate of drug-likeness (QED) is 0.407. The molecule has 0 spiro atoms. The molecule has 3 heterocycles. The Morgan fingerprint density at radius 1 is 1.21 bits per heavy atom. The van der Waals surface area contributed by atoms with Gasteiger partial charge in [0.1, 0.15) is 5.00 Å². The van der Waals surface area contributed by atoms with E-state index < -0.39 is 5.91 Å². The lowest BCUT2D eigenvalue weighted by atomic mass is 9.96. The van der Waals surface area contributed by atoms with Crippen LogP contribution in [0.4, 0.5) is 5.00 Å². The first-order chi connectivity index (χ1) is 16.0. The van der Waals surface area contributed by atoms with Gasteiger partial charge >= 0.3 is 0 Å². The van der Waals surface area contributed by atoms with Crippen molar-refractivity contribution in [2.45, 2.75) is 70.5 Å². The van der Waals surface area contributed by atoms with Crippen LogP contribution in [0, 0.1) is 6.92 Å². The minimum absolute atomic E-state index is 0.171. The van der Waals surface area contributed by atoms with Crippen LogP contribution in [0.15, 0.2) is 16.6 Å². The van der Waals surface area contributed by atoms with Gasteiger partial charge in [0.05, 0.1) is 11.3 Å². The Labute approximate surface area is 206 Å². The highest BCUT2D eigenvalue weighted by Gasteiger charge is 2.24. The number of nitrogens with two attached hydrogens (primary N) is 1. The molecule has 1 aliphatic rings. The molecule has 2 amide bonds. The molecule has 3 aromatic rings. The van der Waals surface area contributed by atoms with Gasteiger partial charge in [-0.25, -0.2) is 0 Å². The molecule has 10 heteroatoms. The molecule has 0 radical (unpaired) electrons. The van der Waals surface area contributed by atoms with Crippen LogP contribution < -0.4 is 11.1 Å². The molecule has 0 unspecified atom stereocenters. The van der Waals surface area contributed by atoms with Crippen LogP contribution in [-0.2, 0) is 24.2 Å². The molecule has 3 N–H and O–H groups in total.